The predicted octanol–water partition coefficient (Wildman–Crippen LogP) is 3.36. The highest BCUT2D eigenvalue weighted by Gasteiger charge is 2.19. The molecule has 7 heteroatoms. The number of aryl methyl sites for hydroxylation is 1. The summed E-state index contributed by atoms with van der Waals surface area (Å²) in [6, 6.07) is 11.6. The molecule has 3 aromatic rings. The van der Waals surface area contributed by atoms with Crippen LogP contribution in [-0.2, 0) is 10.1 Å². The zero-order valence-corrected chi connectivity index (χ0v) is 13.1. The summed E-state index contributed by atoms with van der Waals surface area (Å²) in [6.07, 6.45) is 1.15. The van der Waals surface area contributed by atoms with Crippen molar-refractivity contribution in [2.75, 3.05) is 0 Å². The van der Waals surface area contributed by atoms with E-state index in [1.807, 2.05) is 25.1 Å². The maximum Gasteiger partial charge on any atom is 0.340 e. The van der Waals surface area contributed by atoms with Crippen molar-refractivity contribution in [3.05, 3.63) is 59.5 Å². The zero-order chi connectivity index (χ0) is 15.7. The third-order valence-corrected chi connectivity index (χ3v) is 4.45. The molecule has 1 aromatic carbocycles. The lowest BCUT2D eigenvalue weighted by Crippen LogP contribution is -2.10. The van der Waals surface area contributed by atoms with Crippen molar-refractivity contribution in [3.63, 3.8) is 0 Å². The Morgan fingerprint density at radius 1 is 1.09 bits per heavy atom. The molecule has 0 aliphatic heterocycles. The molecule has 0 bridgehead atoms. The van der Waals surface area contributed by atoms with Crippen molar-refractivity contribution in [3.8, 4) is 5.75 Å². The third-order valence-electron chi connectivity index (χ3n) is 3.01. The first-order valence-electron chi connectivity index (χ1n) is 6.38. The average Bonchev–Trinajstić information content (AvgIpc) is 2.48. The summed E-state index contributed by atoms with van der Waals surface area (Å²) in [4.78, 5) is 8.03. The van der Waals surface area contributed by atoms with Gasteiger partial charge in [-0.3, -0.25) is 0 Å². The van der Waals surface area contributed by atoms with E-state index >= 15 is 0 Å². The highest BCUT2D eigenvalue weighted by Crippen LogP contribution is 2.27. The van der Waals surface area contributed by atoms with Crippen LogP contribution in [0.25, 0.3) is 10.9 Å². The second kappa shape index (κ2) is 5.55. The largest absolute Gasteiger partial charge is 0.377 e. The smallest absolute Gasteiger partial charge is 0.340 e. The van der Waals surface area contributed by atoms with Crippen molar-refractivity contribution in [2.45, 2.75) is 11.8 Å². The Labute approximate surface area is 132 Å². The number of aromatic nitrogens is 2. The van der Waals surface area contributed by atoms with E-state index in [0.29, 0.717) is 5.52 Å². The Morgan fingerprint density at radius 2 is 1.91 bits per heavy atom. The number of benzene rings is 1. The number of fused-ring (bicyclic) bond motifs is 1. The Morgan fingerprint density at radius 3 is 2.64 bits per heavy atom. The molecule has 0 saturated carbocycles. The zero-order valence-electron chi connectivity index (χ0n) is 11.5. The van der Waals surface area contributed by atoms with Crippen LogP contribution >= 0.6 is 11.6 Å². The molecule has 0 aliphatic carbocycles. The molecule has 0 unspecified atom stereocenters. The van der Waals surface area contributed by atoms with E-state index in [9.17, 15) is 8.42 Å². The quantitative estimate of drug-likeness (QED) is 0.542. The van der Waals surface area contributed by atoms with Gasteiger partial charge in [0.25, 0.3) is 0 Å². The molecule has 0 saturated heterocycles. The Kier molecular flexibility index (Phi) is 3.72. The lowest BCUT2D eigenvalue weighted by molar-refractivity contribution is 0.487. The van der Waals surface area contributed by atoms with Gasteiger partial charge in [-0.15, -0.1) is 0 Å². The van der Waals surface area contributed by atoms with Crippen LogP contribution in [0.1, 0.15) is 5.69 Å². The minimum Gasteiger partial charge on any atom is -0.377 e. The summed E-state index contributed by atoms with van der Waals surface area (Å²) in [7, 11) is -4.00. The number of pyridine rings is 2. The van der Waals surface area contributed by atoms with Crippen molar-refractivity contribution in [1.82, 2.24) is 9.97 Å². The van der Waals surface area contributed by atoms with Gasteiger partial charge >= 0.3 is 10.1 Å². The van der Waals surface area contributed by atoms with Crippen molar-refractivity contribution in [2.24, 2.45) is 0 Å². The Bertz CT molecular complexity index is 941. The molecule has 0 spiro atoms. The molecule has 3 rings (SSSR count). The lowest BCUT2D eigenvalue weighted by atomic mass is 10.2. The van der Waals surface area contributed by atoms with Crippen LogP contribution in [-0.4, -0.2) is 18.4 Å². The van der Waals surface area contributed by atoms with Crippen molar-refractivity contribution >= 4 is 32.6 Å². The van der Waals surface area contributed by atoms with Gasteiger partial charge in [-0.25, -0.2) is 9.97 Å². The number of nitrogens with zero attached hydrogens (tertiary/aromatic N) is 2. The summed E-state index contributed by atoms with van der Waals surface area (Å²) in [5.74, 6) is 0.177. The van der Waals surface area contributed by atoms with Gasteiger partial charge in [0, 0.05) is 11.1 Å². The molecule has 0 radical (unpaired) electrons. The minimum absolute atomic E-state index is 0.0680. The molecule has 0 amide bonds. The molecular formula is C15H11ClN2O3S. The van der Waals surface area contributed by atoms with Crippen LogP contribution in [0.2, 0.25) is 5.15 Å². The molecule has 0 aliphatic rings. The van der Waals surface area contributed by atoms with Gasteiger partial charge in [0.2, 0.25) is 0 Å². The Hall–Kier alpha value is -2.18. The van der Waals surface area contributed by atoms with E-state index in [2.05, 4.69) is 9.97 Å². The van der Waals surface area contributed by atoms with Gasteiger partial charge in [-0.05, 0) is 31.2 Å². The van der Waals surface area contributed by atoms with Crippen LogP contribution < -0.4 is 4.18 Å². The van der Waals surface area contributed by atoms with E-state index in [1.54, 1.807) is 12.1 Å². The second-order valence-electron chi connectivity index (χ2n) is 4.63. The molecule has 2 heterocycles. The van der Waals surface area contributed by atoms with Crippen LogP contribution in [0, 0.1) is 6.92 Å². The summed E-state index contributed by atoms with van der Waals surface area (Å²) in [5.41, 5.74) is 1.27. The van der Waals surface area contributed by atoms with E-state index in [1.165, 1.54) is 12.1 Å². The molecule has 0 N–H and O–H groups in total. The van der Waals surface area contributed by atoms with Crippen molar-refractivity contribution < 1.29 is 12.6 Å². The minimum atomic E-state index is -4.00. The summed E-state index contributed by atoms with van der Waals surface area (Å²) < 4.78 is 29.8. The van der Waals surface area contributed by atoms with Gasteiger partial charge in [-0.2, -0.15) is 8.42 Å². The van der Waals surface area contributed by atoms with Crippen LogP contribution in [0.3, 0.4) is 0 Å². The highest BCUT2D eigenvalue weighted by molar-refractivity contribution is 7.87. The monoisotopic (exact) mass is 334 g/mol. The average molecular weight is 335 g/mol. The predicted molar refractivity (Wildman–Crippen MR) is 83.5 cm³/mol. The fourth-order valence-electron chi connectivity index (χ4n) is 1.96. The highest BCUT2D eigenvalue weighted by atomic mass is 35.5. The molecule has 0 atom stereocenters. The van der Waals surface area contributed by atoms with Crippen LogP contribution in [0.15, 0.2) is 53.6 Å². The second-order valence-corrected chi connectivity index (χ2v) is 6.57. The van der Waals surface area contributed by atoms with Gasteiger partial charge in [0.15, 0.2) is 5.75 Å². The van der Waals surface area contributed by atoms with Gasteiger partial charge in [-0.1, -0.05) is 29.8 Å². The topological polar surface area (TPSA) is 69.2 Å². The van der Waals surface area contributed by atoms with Gasteiger partial charge in [0.1, 0.15) is 15.6 Å². The number of hydrogen-bond donors (Lipinski definition) is 0. The van der Waals surface area contributed by atoms with E-state index in [-0.39, 0.29) is 15.8 Å². The van der Waals surface area contributed by atoms with E-state index in [0.717, 1.165) is 17.3 Å². The third kappa shape index (κ3) is 2.88. The number of para-hydroxylation sites is 1. The first kappa shape index (κ1) is 14.7. The number of hydrogen-bond acceptors (Lipinski definition) is 5. The van der Waals surface area contributed by atoms with Gasteiger partial charge < -0.3 is 4.18 Å². The number of rotatable bonds is 3. The summed E-state index contributed by atoms with van der Waals surface area (Å²) >= 11 is 5.66. The van der Waals surface area contributed by atoms with Crippen LogP contribution in [0.5, 0.6) is 5.75 Å². The molecular weight excluding hydrogens is 324 g/mol. The molecule has 0 fully saturated rings. The normalized spacial score (nSPS) is 11.5. The van der Waals surface area contributed by atoms with E-state index < -0.39 is 10.1 Å². The maximum absolute atomic E-state index is 12.3. The molecule has 5 nitrogen and oxygen atoms in total. The SMILES string of the molecule is Cc1ccc2cccc(OS(=O)(=O)c3ccc(Cl)nc3)c2n1. The fraction of sp³-hybridized carbons (Fsp3) is 0.0667. The maximum atomic E-state index is 12.3. The summed E-state index contributed by atoms with van der Waals surface area (Å²) in [6.45, 7) is 1.83. The first-order valence-corrected chi connectivity index (χ1v) is 8.17. The van der Waals surface area contributed by atoms with Crippen LogP contribution in [0.4, 0.5) is 0 Å². The first-order chi connectivity index (χ1) is 10.5. The standard InChI is InChI=1S/C15H11ClN2O3S/c1-10-5-6-11-3-2-4-13(15(11)18-10)21-22(19,20)12-7-8-14(16)17-9-12/h2-9H,1H3. The van der Waals surface area contributed by atoms with E-state index in [4.69, 9.17) is 15.8 Å². The Balaban J connectivity index is 2.06. The molecule has 2 aromatic heterocycles. The molecule has 112 valence electrons. The molecule has 22 heavy (non-hydrogen) atoms. The lowest BCUT2D eigenvalue weighted by Gasteiger charge is -2.09. The fourth-order valence-corrected chi connectivity index (χ4v) is 2.96. The summed E-state index contributed by atoms with van der Waals surface area (Å²) in [5, 5.41) is 1.01. The number of halogens is 1. The van der Waals surface area contributed by atoms with Gasteiger partial charge in [0.05, 0.1) is 6.20 Å². The van der Waals surface area contributed by atoms with Crippen molar-refractivity contribution in [1.29, 1.82) is 0 Å².